The van der Waals surface area contributed by atoms with Crippen LogP contribution in [-0.2, 0) is 17.6 Å². The molecule has 1 heterocycles. The van der Waals surface area contributed by atoms with E-state index in [0.717, 1.165) is 30.4 Å². The van der Waals surface area contributed by atoms with Gasteiger partial charge >= 0.3 is 5.97 Å². The second-order valence-electron chi connectivity index (χ2n) is 8.43. The van der Waals surface area contributed by atoms with Gasteiger partial charge in [0.1, 0.15) is 5.00 Å². The number of hydrogen-bond donors (Lipinski definition) is 1. The van der Waals surface area contributed by atoms with Gasteiger partial charge in [0.25, 0.3) is 5.91 Å². The van der Waals surface area contributed by atoms with Gasteiger partial charge in [-0.25, -0.2) is 9.79 Å². The molecule has 1 N–H and O–H groups in total. The summed E-state index contributed by atoms with van der Waals surface area (Å²) < 4.78 is 15.4. The lowest BCUT2D eigenvalue weighted by Gasteiger charge is -2.18. The number of carbonyl (C=O) groups is 2. The van der Waals surface area contributed by atoms with Crippen LogP contribution < -0.4 is 14.8 Å². The quantitative estimate of drug-likeness (QED) is 0.339. The summed E-state index contributed by atoms with van der Waals surface area (Å²) in [6.07, 6.45) is 4.57. The van der Waals surface area contributed by atoms with Crippen molar-refractivity contribution < 1.29 is 23.8 Å². The summed E-state index contributed by atoms with van der Waals surface area (Å²) >= 11 is 1.57. The number of nitrogens with one attached hydrogen (secondary N) is 1. The molecule has 1 amide bonds. The van der Waals surface area contributed by atoms with Gasteiger partial charge < -0.3 is 19.5 Å². The van der Waals surface area contributed by atoms with E-state index in [1.807, 2.05) is 18.2 Å². The van der Waals surface area contributed by atoms with Crippen LogP contribution in [0, 0.1) is 5.92 Å². The maximum atomic E-state index is 13.4. The van der Waals surface area contributed by atoms with Crippen molar-refractivity contribution in [3.05, 3.63) is 69.6 Å². The summed E-state index contributed by atoms with van der Waals surface area (Å²) in [6.45, 7) is 2.23. The van der Waals surface area contributed by atoms with Crippen molar-refractivity contribution in [1.29, 1.82) is 0 Å². The molecule has 4 rings (SSSR count). The molecule has 0 saturated carbocycles. The molecule has 1 atom stereocenters. The normalized spacial score (nSPS) is 14.9. The van der Waals surface area contributed by atoms with Crippen LogP contribution in [0.3, 0.4) is 0 Å². The van der Waals surface area contributed by atoms with E-state index >= 15 is 0 Å². The van der Waals surface area contributed by atoms with Crippen molar-refractivity contribution in [2.75, 3.05) is 26.6 Å². The van der Waals surface area contributed by atoms with Gasteiger partial charge in [-0.15, -0.1) is 11.3 Å². The third-order valence-electron chi connectivity index (χ3n) is 6.02. The molecule has 0 radical (unpaired) electrons. The van der Waals surface area contributed by atoms with E-state index in [-0.39, 0.29) is 5.91 Å². The second-order valence-corrected chi connectivity index (χ2v) is 9.51. The molecule has 1 aromatic heterocycles. The maximum absolute atomic E-state index is 13.4. The lowest BCUT2D eigenvalue weighted by molar-refractivity contribution is 0.0600. The lowest BCUT2D eigenvalue weighted by Crippen LogP contribution is -2.16. The van der Waals surface area contributed by atoms with E-state index in [1.54, 1.807) is 56.0 Å². The minimum absolute atomic E-state index is 0.206. The zero-order chi connectivity index (χ0) is 24.9. The van der Waals surface area contributed by atoms with Crippen molar-refractivity contribution >= 4 is 40.1 Å². The fourth-order valence-corrected chi connectivity index (χ4v) is 5.48. The van der Waals surface area contributed by atoms with Crippen LogP contribution in [0.4, 0.5) is 10.7 Å². The van der Waals surface area contributed by atoms with Crippen molar-refractivity contribution in [3.8, 4) is 11.5 Å². The van der Waals surface area contributed by atoms with Crippen LogP contribution in [0.25, 0.3) is 0 Å². The average molecular weight is 493 g/mol. The number of amides is 1. The topological polar surface area (TPSA) is 86.2 Å². The molecule has 0 bridgehead atoms. The van der Waals surface area contributed by atoms with Gasteiger partial charge in [0.05, 0.1) is 32.5 Å². The van der Waals surface area contributed by atoms with Crippen LogP contribution in [0.5, 0.6) is 11.5 Å². The molecule has 35 heavy (non-hydrogen) atoms. The van der Waals surface area contributed by atoms with Crippen LogP contribution in [0.15, 0.2) is 47.5 Å². The molecule has 2 aromatic carbocycles. The van der Waals surface area contributed by atoms with Crippen LogP contribution >= 0.6 is 11.3 Å². The molecule has 7 nitrogen and oxygen atoms in total. The highest BCUT2D eigenvalue weighted by atomic mass is 32.1. The highest BCUT2D eigenvalue weighted by Crippen LogP contribution is 2.41. The molecule has 8 heteroatoms. The molecule has 0 saturated heterocycles. The number of thiophene rings is 1. The number of esters is 1. The molecule has 1 unspecified atom stereocenters. The molecule has 3 aromatic rings. The number of fused-ring (bicyclic) bond motifs is 1. The summed E-state index contributed by atoms with van der Waals surface area (Å²) in [6, 6.07) is 12.2. The largest absolute Gasteiger partial charge is 0.493 e. The lowest BCUT2D eigenvalue weighted by atomic mass is 9.88. The number of methoxy groups -OCH3 is 3. The van der Waals surface area contributed by atoms with Gasteiger partial charge in [0, 0.05) is 16.8 Å². The molecule has 0 spiro atoms. The first-order valence-electron chi connectivity index (χ1n) is 11.3. The fourth-order valence-electron chi connectivity index (χ4n) is 4.13. The predicted molar refractivity (Wildman–Crippen MR) is 138 cm³/mol. The SMILES string of the molecule is COC(=O)c1ccc(NC(=O)c2c(/N=C/c3ccc(OC)c(OC)c3)sc3c2CCC(C)C3)cc1. The summed E-state index contributed by atoms with van der Waals surface area (Å²) in [7, 11) is 4.52. The van der Waals surface area contributed by atoms with Crippen molar-refractivity contribution in [3.63, 3.8) is 0 Å². The third kappa shape index (κ3) is 5.38. The molecule has 0 aliphatic heterocycles. The Morgan fingerprint density at radius 2 is 1.80 bits per heavy atom. The first kappa shape index (κ1) is 24.5. The van der Waals surface area contributed by atoms with Crippen molar-refractivity contribution in [1.82, 2.24) is 0 Å². The van der Waals surface area contributed by atoms with Gasteiger partial charge in [0.2, 0.25) is 0 Å². The summed E-state index contributed by atoms with van der Waals surface area (Å²) in [5.41, 5.74) is 3.56. The Balaban J connectivity index is 1.64. The van der Waals surface area contributed by atoms with Gasteiger partial charge in [0.15, 0.2) is 11.5 Å². The van der Waals surface area contributed by atoms with E-state index in [0.29, 0.717) is 39.2 Å². The van der Waals surface area contributed by atoms with Crippen LogP contribution in [0.2, 0.25) is 0 Å². The summed E-state index contributed by atoms with van der Waals surface area (Å²) in [4.78, 5) is 31.0. The second kappa shape index (κ2) is 10.7. The Morgan fingerprint density at radius 3 is 2.49 bits per heavy atom. The molecular formula is C27H28N2O5S. The van der Waals surface area contributed by atoms with E-state index in [4.69, 9.17) is 19.2 Å². The predicted octanol–water partition coefficient (Wildman–Crippen LogP) is 5.68. The number of carbonyl (C=O) groups excluding carboxylic acids is 2. The number of rotatable bonds is 7. The van der Waals surface area contributed by atoms with Gasteiger partial charge in [-0.2, -0.15) is 0 Å². The Bertz CT molecular complexity index is 1260. The van der Waals surface area contributed by atoms with E-state index in [2.05, 4.69) is 12.2 Å². The van der Waals surface area contributed by atoms with E-state index in [1.165, 1.54) is 12.0 Å². The summed E-state index contributed by atoms with van der Waals surface area (Å²) in [5, 5.41) is 3.65. The van der Waals surface area contributed by atoms with Gasteiger partial charge in [-0.1, -0.05) is 6.92 Å². The molecular weight excluding hydrogens is 464 g/mol. The third-order valence-corrected chi connectivity index (χ3v) is 7.18. The minimum atomic E-state index is -0.421. The Morgan fingerprint density at radius 1 is 1.06 bits per heavy atom. The van der Waals surface area contributed by atoms with Crippen molar-refractivity contribution in [2.45, 2.75) is 26.2 Å². The number of anilines is 1. The standard InChI is InChI=1S/C27H28N2O5S/c1-16-5-11-20-23(13-16)35-26(28-15-17-6-12-21(32-2)22(14-17)33-3)24(20)25(30)29-19-9-7-18(8-10-19)27(31)34-4/h6-10,12,14-16H,5,11,13H2,1-4H3,(H,29,30)/b28-15+. The van der Waals surface area contributed by atoms with E-state index < -0.39 is 5.97 Å². The van der Waals surface area contributed by atoms with E-state index in [9.17, 15) is 9.59 Å². The number of ether oxygens (including phenoxy) is 3. The average Bonchev–Trinajstić information content (AvgIpc) is 3.24. The number of aliphatic imine (C=N–C) groups is 1. The summed E-state index contributed by atoms with van der Waals surface area (Å²) in [5.74, 6) is 1.20. The molecule has 0 fully saturated rings. The number of benzene rings is 2. The molecule has 1 aliphatic rings. The zero-order valence-electron chi connectivity index (χ0n) is 20.2. The minimum Gasteiger partial charge on any atom is -0.493 e. The van der Waals surface area contributed by atoms with Crippen LogP contribution in [0.1, 0.15) is 50.1 Å². The van der Waals surface area contributed by atoms with Gasteiger partial charge in [-0.3, -0.25) is 4.79 Å². The first-order chi connectivity index (χ1) is 16.9. The highest BCUT2D eigenvalue weighted by molar-refractivity contribution is 7.16. The molecule has 182 valence electrons. The number of hydrogen-bond acceptors (Lipinski definition) is 7. The zero-order valence-corrected chi connectivity index (χ0v) is 21.0. The fraction of sp³-hybridized carbons (Fsp3) is 0.296. The smallest absolute Gasteiger partial charge is 0.337 e. The number of nitrogens with zero attached hydrogens (tertiary/aromatic N) is 1. The van der Waals surface area contributed by atoms with Crippen LogP contribution in [-0.4, -0.2) is 39.4 Å². The monoisotopic (exact) mass is 492 g/mol. The molecule has 1 aliphatic carbocycles. The Labute approximate surface area is 208 Å². The Hall–Kier alpha value is -3.65. The van der Waals surface area contributed by atoms with Crippen molar-refractivity contribution in [2.24, 2.45) is 10.9 Å². The van der Waals surface area contributed by atoms with Gasteiger partial charge in [-0.05, 0) is 78.8 Å². The first-order valence-corrected chi connectivity index (χ1v) is 12.2. The highest BCUT2D eigenvalue weighted by Gasteiger charge is 2.27. The Kier molecular flexibility index (Phi) is 7.51. The maximum Gasteiger partial charge on any atom is 0.337 e.